The number of benzene rings is 2. The zero-order chi connectivity index (χ0) is 27.1. The van der Waals surface area contributed by atoms with Crippen LogP contribution in [-0.2, 0) is 4.43 Å². The highest BCUT2D eigenvalue weighted by molar-refractivity contribution is 14.1. The third-order valence-corrected chi connectivity index (χ3v) is 7.31. The van der Waals surface area contributed by atoms with Crippen molar-refractivity contribution < 1.29 is 19.1 Å². The van der Waals surface area contributed by atoms with Crippen molar-refractivity contribution >= 4 is 51.1 Å². The SMILES string of the molecule is CCN(CC)CCNC(=O)c1cc2c(Oc3ccc(NC(=O)NC4CC4)c(CI)c3)ccnc2cc1OC. The second-order valence-electron chi connectivity index (χ2n) is 9.09. The zero-order valence-electron chi connectivity index (χ0n) is 22.0. The minimum absolute atomic E-state index is 0.191. The van der Waals surface area contributed by atoms with E-state index in [0.29, 0.717) is 44.7 Å². The minimum atomic E-state index is -0.210. The van der Waals surface area contributed by atoms with Crippen LogP contribution in [0.15, 0.2) is 42.6 Å². The summed E-state index contributed by atoms with van der Waals surface area (Å²) in [7, 11) is 1.54. The van der Waals surface area contributed by atoms with Gasteiger partial charge in [0.2, 0.25) is 0 Å². The first-order valence-corrected chi connectivity index (χ1v) is 14.4. The molecule has 3 amide bonds. The first-order valence-electron chi connectivity index (χ1n) is 12.9. The average molecular weight is 632 g/mol. The highest BCUT2D eigenvalue weighted by atomic mass is 127. The van der Waals surface area contributed by atoms with Crippen LogP contribution in [0.5, 0.6) is 17.2 Å². The van der Waals surface area contributed by atoms with Crippen LogP contribution in [0.1, 0.15) is 42.6 Å². The van der Waals surface area contributed by atoms with Gasteiger partial charge in [-0.05, 0) is 61.8 Å². The number of carbonyl (C=O) groups is 2. The Labute approximate surface area is 236 Å². The number of carbonyl (C=O) groups excluding carboxylic acids is 2. The summed E-state index contributed by atoms with van der Waals surface area (Å²) in [5, 5.41) is 9.57. The van der Waals surface area contributed by atoms with Crippen LogP contribution in [-0.4, -0.2) is 61.2 Å². The van der Waals surface area contributed by atoms with Gasteiger partial charge in [0.05, 0.1) is 18.2 Å². The summed E-state index contributed by atoms with van der Waals surface area (Å²) < 4.78 is 12.5. The van der Waals surface area contributed by atoms with Gasteiger partial charge in [-0.1, -0.05) is 36.4 Å². The van der Waals surface area contributed by atoms with Gasteiger partial charge in [0.15, 0.2) is 0 Å². The van der Waals surface area contributed by atoms with E-state index in [4.69, 9.17) is 9.47 Å². The second-order valence-corrected chi connectivity index (χ2v) is 9.85. The maximum absolute atomic E-state index is 13.1. The fourth-order valence-electron chi connectivity index (χ4n) is 4.11. The lowest BCUT2D eigenvalue weighted by molar-refractivity contribution is 0.0946. The predicted molar refractivity (Wildman–Crippen MR) is 158 cm³/mol. The number of fused-ring (bicyclic) bond motifs is 1. The molecule has 0 saturated heterocycles. The molecule has 0 radical (unpaired) electrons. The third-order valence-electron chi connectivity index (χ3n) is 6.48. The summed E-state index contributed by atoms with van der Waals surface area (Å²) in [6, 6.07) is 11.0. The van der Waals surface area contributed by atoms with E-state index >= 15 is 0 Å². The van der Waals surface area contributed by atoms with Gasteiger partial charge >= 0.3 is 6.03 Å². The molecule has 0 spiro atoms. The number of anilines is 1. The van der Waals surface area contributed by atoms with Gasteiger partial charge in [-0.2, -0.15) is 0 Å². The van der Waals surface area contributed by atoms with Crippen molar-refractivity contribution in [1.29, 1.82) is 0 Å². The molecule has 1 aliphatic carbocycles. The van der Waals surface area contributed by atoms with Crippen molar-refractivity contribution in [2.24, 2.45) is 0 Å². The number of urea groups is 1. The number of aromatic nitrogens is 1. The van der Waals surface area contributed by atoms with Gasteiger partial charge in [0.25, 0.3) is 5.91 Å². The largest absolute Gasteiger partial charge is 0.496 e. The number of hydrogen-bond acceptors (Lipinski definition) is 6. The first-order chi connectivity index (χ1) is 18.4. The molecule has 1 aliphatic rings. The van der Waals surface area contributed by atoms with E-state index in [9.17, 15) is 9.59 Å². The summed E-state index contributed by atoms with van der Waals surface area (Å²) in [4.78, 5) is 32.0. The quantitative estimate of drug-likeness (QED) is 0.185. The van der Waals surface area contributed by atoms with Crippen molar-refractivity contribution in [3.05, 3.63) is 53.7 Å². The lowest BCUT2D eigenvalue weighted by Crippen LogP contribution is -2.34. The number of methoxy groups -OCH3 is 1. The zero-order valence-corrected chi connectivity index (χ0v) is 24.1. The molecule has 1 heterocycles. The molecule has 1 saturated carbocycles. The number of amides is 3. The number of nitrogens with one attached hydrogen (secondary N) is 3. The summed E-state index contributed by atoms with van der Waals surface area (Å²) >= 11 is 2.27. The number of alkyl halides is 1. The number of ether oxygens (including phenoxy) is 2. The molecule has 3 aromatic rings. The van der Waals surface area contributed by atoms with Crippen molar-refractivity contribution in [3.63, 3.8) is 0 Å². The van der Waals surface area contributed by atoms with E-state index in [-0.39, 0.29) is 18.0 Å². The Balaban J connectivity index is 1.55. The van der Waals surface area contributed by atoms with E-state index in [1.807, 2.05) is 18.2 Å². The molecule has 3 N–H and O–H groups in total. The van der Waals surface area contributed by atoms with E-state index in [1.165, 1.54) is 0 Å². The van der Waals surface area contributed by atoms with Crippen molar-refractivity contribution in [3.8, 4) is 17.2 Å². The van der Waals surface area contributed by atoms with Crippen molar-refractivity contribution in [1.82, 2.24) is 20.5 Å². The van der Waals surface area contributed by atoms with Crippen LogP contribution in [0.2, 0.25) is 0 Å². The highest BCUT2D eigenvalue weighted by Crippen LogP contribution is 2.35. The van der Waals surface area contributed by atoms with Crippen molar-refractivity contribution in [2.75, 3.05) is 38.6 Å². The van der Waals surface area contributed by atoms with Gasteiger partial charge < -0.3 is 30.3 Å². The van der Waals surface area contributed by atoms with Gasteiger partial charge in [0.1, 0.15) is 17.2 Å². The molecule has 1 aromatic heterocycles. The Kier molecular flexibility index (Phi) is 9.62. The summed E-state index contributed by atoms with van der Waals surface area (Å²) in [5.74, 6) is 1.44. The number of pyridine rings is 1. The molecule has 0 unspecified atom stereocenters. The average Bonchev–Trinajstić information content (AvgIpc) is 3.75. The molecule has 0 bridgehead atoms. The van der Waals surface area contributed by atoms with E-state index in [1.54, 1.807) is 31.5 Å². The standard InChI is InChI=1S/C28H34IN5O4/c1-4-34(5-2)13-12-31-27(35)22-15-21-24(16-26(22)37-3)30-11-10-25(21)38-20-8-9-23(18(14-20)17-29)33-28(36)32-19-6-7-19/h8-11,14-16,19H,4-7,12-13,17H2,1-3H3,(H,31,35)(H2,32,33,36). The van der Waals surface area contributed by atoms with Gasteiger partial charge in [-0.25, -0.2) is 4.79 Å². The second kappa shape index (κ2) is 13.1. The van der Waals surface area contributed by atoms with E-state index in [2.05, 4.69) is 62.3 Å². The molecule has 10 heteroatoms. The topological polar surface area (TPSA) is 105 Å². The van der Waals surface area contributed by atoms with Crippen LogP contribution in [0.4, 0.5) is 10.5 Å². The predicted octanol–water partition coefficient (Wildman–Crippen LogP) is 5.33. The van der Waals surface area contributed by atoms with Gasteiger partial charge in [0, 0.05) is 46.9 Å². The Bertz CT molecular complexity index is 1290. The fraction of sp³-hybridized carbons (Fsp3) is 0.393. The molecule has 2 aromatic carbocycles. The molecular weight excluding hydrogens is 597 g/mol. The monoisotopic (exact) mass is 631 g/mol. The minimum Gasteiger partial charge on any atom is -0.496 e. The van der Waals surface area contributed by atoms with Crippen LogP contribution in [0.3, 0.4) is 0 Å². The number of hydrogen-bond donors (Lipinski definition) is 3. The number of nitrogens with zero attached hydrogens (tertiary/aromatic N) is 2. The molecule has 0 aliphatic heterocycles. The smallest absolute Gasteiger partial charge is 0.319 e. The van der Waals surface area contributed by atoms with Crippen LogP contribution in [0, 0.1) is 0 Å². The van der Waals surface area contributed by atoms with Crippen LogP contribution >= 0.6 is 22.6 Å². The highest BCUT2D eigenvalue weighted by Gasteiger charge is 2.23. The molecule has 0 atom stereocenters. The number of halogens is 1. The molecule has 4 rings (SSSR count). The Hall–Kier alpha value is -3.12. The van der Waals surface area contributed by atoms with Gasteiger partial charge in [-0.3, -0.25) is 9.78 Å². The fourth-order valence-corrected chi connectivity index (χ4v) is 4.74. The van der Waals surface area contributed by atoms with E-state index in [0.717, 1.165) is 43.7 Å². The lowest BCUT2D eigenvalue weighted by Gasteiger charge is -2.18. The molecule has 38 heavy (non-hydrogen) atoms. The maximum atomic E-state index is 13.1. The first kappa shape index (κ1) is 27.9. The summed E-state index contributed by atoms with van der Waals surface area (Å²) in [6.07, 6.45) is 3.73. The Morgan fingerprint density at radius 2 is 1.89 bits per heavy atom. The lowest BCUT2D eigenvalue weighted by atomic mass is 10.1. The van der Waals surface area contributed by atoms with Crippen LogP contribution < -0.4 is 25.4 Å². The third kappa shape index (κ3) is 7.04. The summed E-state index contributed by atoms with van der Waals surface area (Å²) in [6.45, 7) is 7.38. The Morgan fingerprint density at radius 3 is 2.58 bits per heavy atom. The van der Waals surface area contributed by atoms with Crippen molar-refractivity contribution in [2.45, 2.75) is 37.2 Å². The van der Waals surface area contributed by atoms with Gasteiger partial charge in [-0.15, -0.1) is 0 Å². The maximum Gasteiger partial charge on any atom is 0.319 e. The molecular formula is C28H34IN5O4. The molecule has 9 nitrogen and oxygen atoms in total. The number of likely N-dealkylation sites (N-methyl/N-ethyl adjacent to an activating group) is 1. The molecule has 1 fully saturated rings. The van der Waals surface area contributed by atoms with E-state index < -0.39 is 0 Å². The molecule has 202 valence electrons. The number of rotatable bonds is 12. The Morgan fingerprint density at radius 1 is 1.11 bits per heavy atom. The summed E-state index contributed by atoms with van der Waals surface area (Å²) in [5.41, 5.74) is 2.77. The van der Waals surface area contributed by atoms with Crippen LogP contribution in [0.25, 0.3) is 10.9 Å². The normalized spacial score (nSPS) is 12.9.